The van der Waals surface area contributed by atoms with Crippen LogP contribution in [-0.2, 0) is 4.79 Å². The van der Waals surface area contributed by atoms with Crippen LogP contribution < -0.4 is 14.9 Å². The van der Waals surface area contributed by atoms with Gasteiger partial charge in [0.15, 0.2) is 6.61 Å². The Morgan fingerprint density at radius 1 is 1.03 bits per heavy atom. The number of hydrogen-bond acceptors (Lipinski definition) is 5. The number of hydrogen-bond donors (Lipinski definition) is 1. The van der Waals surface area contributed by atoms with Crippen molar-refractivity contribution in [3.63, 3.8) is 0 Å². The van der Waals surface area contributed by atoms with Gasteiger partial charge in [-0.25, -0.2) is 10.2 Å². The average molecular weight is 423 g/mol. The maximum atomic E-state index is 12.3. The lowest BCUT2D eigenvalue weighted by molar-refractivity contribution is -0.123. The molecule has 3 aromatic carbocycles. The van der Waals surface area contributed by atoms with E-state index in [1.807, 2.05) is 25.1 Å². The van der Waals surface area contributed by atoms with E-state index in [9.17, 15) is 9.59 Å². The molecule has 1 amide bonds. The number of nitrogens with zero attached hydrogens (tertiary/aromatic N) is 1. The van der Waals surface area contributed by atoms with Gasteiger partial charge in [0.25, 0.3) is 5.91 Å². The van der Waals surface area contributed by atoms with Gasteiger partial charge < -0.3 is 9.47 Å². The van der Waals surface area contributed by atoms with Crippen LogP contribution in [0.3, 0.4) is 0 Å². The first-order valence-corrected chi connectivity index (χ1v) is 9.48. The van der Waals surface area contributed by atoms with Crippen molar-refractivity contribution in [3.8, 4) is 11.5 Å². The summed E-state index contributed by atoms with van der Waals surface area (Å²) in [4.78, 5) is 24.1. The number of ether oxygens (including phenoxy) is 2. The molecule has 3 aromatic rings. The third-order valence-electron chi connectivity index (χ3n) is 4.02. The number of carbonyl (C=O) groups is 2. The van der Waals surface area contributed by atoms with E-state index in [2.05, 4.69) is 10.5 Å². The van der Waals surface area contributed by atoms with E-state index in [0.29, 0.717) is 22.1 Å². The van der Waals surface area contributed by atoms with Gasteiger partial charge in [0.2, 0.25) is 0 Å². The average Bonchev–Trinajstić information content (AvgIpc) is 2.74. The first-order valence-electron chi connectivity index (χ1n) is 9.10. The molecule has 0 atom stereocenters. The summed E-state index contributed by atoms with van der Waals surface area (Å²) < 4.78 is 10.8. The summed E-state index contributed by atoms with van der Waals surface area (Å²) in [5.74, 6) is 0.0231. The Kier molecular flexibility index (Phi) is 7.19. The van der Waals surface area contributed by atoms with Crippen molar-refractivity contribution in [2.45, 2.75) is 6.92 Å². The van der Waals surface area contributed by atoms with Gasteiger partial charge in [0.1, 0.15) is 11.5 Å². The first-order chi connectivity index (χ1) is 14.5. The van der Waals surface area contributed by atoms with Gasteiger partial charge in [-0.15, -0.1) is 0 Å². The molecule has 0 bridgehead atoms. The number of halogens is 1. The zero-order chi connectivity index (χ0) is 21.3. The lowest BCUT2D eigenvalue weighted by atomic mass is 10.2. The van der Waals surface area contributed by atoms with Crippen LogP contribution in [0.15, 0.2) is 77.9 Å². The maximum absolute atomic E-state index is 12.3. The molecule has 152 valence electrons. The van der Waals surface area contributed by atoms with Gasteiger partial charge in [-0.1, -0.05) is 54.1 Å². The summed E-state index contributed by atoms with van der Waals surface area (Å²) in [6.07, 6.45) is 1.44. The Hall–Kier alpha value is -3.64. The molecule has 0 heterocycles. The van der Waals surface area contributed by atoms with E-state index in [1.165, 1.54) is 6.21 Å². The molecule has 0 saturated heterocycles. The highest BCUT2D eigenvalue weighted by Gasteiger charge is 2.12. The molecular weight excluding hydrogens is 404 g/mol. The molecule has 0 aliphatic rings. The van der Waals surface area contributed by atoms with Crippen LogP contribution in [-0.4, -0.2) is 24.7 Å². The lowest BCUT2D eigenvalue weighted by Crippen LogP contribution is -2.24. The molecule has 0 aliphatic carbocycles. The number of hydrazone groups is 1. The van der Waals surface area contributed by atoms with Crippen LogP contribution in [0.5, 0.6) is 11.5 Å². The Morgan fingerprint density at radius 3 is 2.60 bits per heavy atom. The molecule has 0 radical (unpaired) electrons. The maximum Gasteiger partial charge on any atom is 0.345 e. The van der Waals surface area contributed by atoms with Crippen molar-refractivity contribution >= 4 is 29.7 Å². The molecule has 30 heavy (non-hydrogen) atoms. The predicted molar refractivity (Wildman–Crippen MR) is 115 cm³/mol. The van der Waals surface area contributed by atoms with E-state index < -0.39 is 11.9 Å². The van der Waals surface area contributed by atoms with E-state index in [1.54, 1.807) is 54.6 Å². The largest absolute Gasteiger partial charge is 0.483 e. The molecule has 3 rings (SSSR count). The van der Waals surface area contributed by atoms with Crippen molar-refractivity contribution in [1.82, 2.24) is 5.43 Å². The zero-order valence-electron chi connectivity index (χ0n) is 16.2. The van der Waals surface area contributed by atoms with Crippen LogP contribution >= 0.6 is 11.6 Å². The number of nitrogens with one attached hydrogen (secondary N) is 1. The van der Waals surface area contributed by atoms with Crippen molar-refractivity contribution in [1.29, 1.82) is 0 Å². The summed E-state index contributed by atoms with van der Waals surface area (Å²) in [6, 6.07) is 20.8. The molecule has 7 heteroatoms. The van der Waals surface area contributed by atoms with Crippen LogP contribution in [0.1, 0.15) is 21.5 Å². The Bertz CT molecular complexity index is 1080. The fraction of sp³-hybridized carbons (Fsp3) is 0.0870. The van der Waals surface area contributed by atoms with Crippen molar-refractivity contribution in [3.05, 3.63) is 94.5 Å². The van der Waals surface area contributed by atoms with E-state index >= 15 is 0 Å². The second kappa shape index (κ2) is 10.2. The monoisotopic (exact) mass is 422 g/mol. The Morgan fingerprint density at radius 2 is 1.80 bits per heavy atom. The van der Waals surface area contributed by atoms with E-state index in [0.717, 1.165) is 5.56 Å². The number of aryl methyl sites for hydroxylation is 1. The highest BCUT2D eigenvalue weighted by Crippen LogP contribution is 2.19. The smallest absolute Gasteiger partial charge is 0.345 e. The molecule has 0 fully saturated rings. The Labute approximate surface area is 179 Å². The van der Waals surface area contributed by atoms with Gasteiger partial charge in [0.05, 0.1) is 16.8 Å². The Balaban J connectivity index is 1.54. The number of amides is 1. The fourth-order valence-electron chi connectivity index (χ4n) is 2.52. The van der Waals surface area contributed by atoms with E-state index in [-0.39, 0.29) is 12.2 Å². The van der Waals surface area contributed by atoms with Crippen LogP contribution in [0.25, 0.3) is 0 Å². The normalized spacial score (nSPS) is 10.6. The zero-order valence-corrected chi connectivity index (χ0v) is 16.9. The van der Waals surface area contributed by atoms with Crippen LogP contribution in [0, 0.1) is 6.92 Å². The van der Waals surface area contributed by atoms with Gasteiger partial charge in [-0.3, -0.25) is 4.79 Å². The highest BCUT2D eigenvalue weighted by atomic mass is 35.5. The number of carbonyl (C=O) groups excluding carboxylic acids is 2. The van der Waals surface area contributed by atoms with Crippen molar-refractivity contribution in [2.75, 3.05) is 6.61 Å². The summed E-state index contributed by atoms with van der Waals surface area (Å²) in [5.41, 5.74) is 4.25. The minimum Gasteiger partial charge on any atom is -0.483 e. The number of rotatable bonds is 7. The van der Waals surface area contributed by atoms with Gasteiger partial charge >= 0.3 is 5.97 Å². The summed E-state index contributed by atoms with van der Waals surface area (Å²) in [7, 11) is 0. The molecule has 0 saturated carbocycles. The SMILES string of the molecule is Cc1ccccc1OCC(=O)N/N=C/c1cccc(OC(=O)c2ccccc2Cl)c1. The van der Waals surface area contributed by atoms with Crippen molar-refractivity contribution < 1.29 is 19.1 Å². The number of para-hydroxylation sites is 1. The molecule has 6 nitrogen and oxygen atoms in total. The summed E-state index contributed by atoms with van der Waals surface area (Å²) >= 11 is 6.02. The first kappa shape index (κ1) is 21.1. The molecule has 0 aliphatic heterocycles. The van der Waals surface area contributed by atoms with Crippen LogP contribution in [0.2, 0.25) is 5.02 Å². The third kappa shape index (κ3) is 5.93. The second-order valence-electron chi connectivity index (χ2n) is 6.29. The predicted octanol–water partition coefficient (Wildman–Crippen LogP) is 4.40. The van der Waals surface area contributed by atoms with Gasteiger partial charge in [-0.2, -0.15) is 5.10 Å². The van der Waals surface area contributed by atoms with E-state index in [4.69, 9.17) is 21.1 Å². The summed E-state index contributed by atoms with van der Waals surface area (Å²) in [6.45, 7) is 1.74. The third-order valence-corrected chi connectivity index (χ3v) is 4.35. The molecule has 0 spiro atoms. The standard InChI is InChI=1S/C23H19ClN2O4/c1-16-7-2-5-12-21(16)29-15-22(27)26-25-14-17-8-6-9-18(13-17)30-23(28)19-10-3-4-11-20(19)24/h2-14H,15H2,1H3,(H,26,27)/b25-14+. The molecule has 1 N–H and O–H groups in total. The minimum absolute atomic E-state index is 0.155. The van der Waals surface area contributed by atoms with Crippen LogP contribution in [0.4, 0.5) is 0 Å². The number of esters is 1. The highest BCUT2D eigenvalue weighted by molar-refractivity contribution is 6.33. The topological polar surface area (TPSA) is 77.0 Å². The minimum atomic E-state index is -0.559. The van der Waals surface area contributed by atoms with Crippen molar-refractivity contribution in [2.24, 2.45) is 5.10 Å². The molecule has 0 unspecified atom stereocenters. The molecule has 0 aromatic heterocycles. The second-order valence-corrected chi connectivity index (χ2v) is 6.70. The molecular formula is C23H19ClN2O4. The number of benzene rings is 3. The van der Waals surface area contributed by atoms with Gasteiger partial charge in [-0.05, 0) is 48.4 Å². The fourth-order valence-corrected chi connectivity index (χ4v) is 2.73. The summed E-state index contributed by atoms with van der Waals surface area (Å²) in [5, 5.41) is 4.22. The van der Waals surface area contributed by atoms with Gasteiger partial charge in [0, 0.05) is 0 Å². The lowest BCUT2D eigenvalue weighted by Gasteiger charge is -2.07. The quantitative estimate of drug-likeness (QED) is 0.265.